The largest absolute Gasteiger partial charge is 0.311 e. The van der Waals surface area contributed by atoms with Gasteiger partial charge in [0.05, 0.1) is 0 Å². The van der Waals surface area contributed by atoms with E-state index in [-0.39, 0.29) is 0 Å². The van der Waals surface area contributed by atoms with Gasteiger partial charge in [0.15, 0.2) is 0 Å². The first-order valence-electron chi connectivity index (χ1n) is 8.49. The van der Waals surface area contributed by atoms with Gasteiger partial charge in [0.25, 0.3) is 0 Å². The Bertz CT molecular complexity index is 268. The standard InChI is InChI=1S/C17H34N2/c1-5-17(3,4)13-19-12-16(18-11-14(19)2)15-9-7-6-8-10-15/h14-16,18H,5-13H2,1-4H3. The van der Waals surface area contributed by atoms with E-state index in [9.17, 15) is 0 Å². The van der Waals surface area contributed by atoms with Crippen molar-refractivity contribution in [2.45, 2.75) is 78.3 Å². The van der Waals surface area contributed by atoms with Crippen molar-refractivity contribution in [3.8, 4) is 0 Å². The third-order valence-electron chi connectivity index (χ3n) is 5.54. The highest BCUT2D eigenvalue weighted by Crippen LogP contribution is 2.30. The number of nitrogens with one attached hydrogen (secondary N) is 1. The quantitative estimate of drug-likeness (QED) is 0.835. The van der Waals surface area contributed by atoms with Crippen LogP contribution in [0, 0.1) is 11.3 Å². The summed E-state index contributed by atoms with van der Waals surface area (Å²) in [6.07, 6.45) is 8.57. The summed E-state index contributed by atoms with van der Waals surface area (Å²) in [5.74, 6) is 0.938. The van der Waals surface area contributed by atoms with E-state index in [2.05, 4.69) is 37.9 Å². The van der Waals surface area contributed by atoms with Crippen LogP contribution in [0.15, 0.2) is 0 Å². The molecule has 2 heteroatoms. The smallest absolute Gasteiger partial charge is 0.0224 e. The molecule has 0 amide bonds. The van der Waals surface area contributed by atoms with Crippen molar-refractivity contribution in [2.24, 2.45) is 11.3 Å². The normalized spacial score (nSPS) is 31.6. The maximum atomic E-state index is 3.83. The summed E-state index contributed by atoms with van der Waals surface area (Å²) in [6.45, 7) is 13.3. The van der Waals surface area contributed by atoms with Gasteiger partial charge in [-0.15, -0.1) is 0 Å². The molecule has 0 spiro atoms. The van der Waals surface area contributed by atoms with Gasteiger partial charge in [-0.25, -0.2) is 0 Å². The first kappa shape index (κ1) is 15.3. The number of hydrogen-bond acceptors (Lipinski definition) is 2. The van der Waals surface area contributed by atoms with Crippen LogP contribution in [-0.4, -0.2) is 36.6 Å². The fraction of sp³-hybridized carbons (Fsp3) is 1.00. The molecule has 0 aromatic carbocycles. The number of nitrogens with zero attached hydrogens (tertiary/aromatic N) is 1. The van der Waals surface area contributed by atoms with E-state index in [4.69, 9.17) is 0 Å². The van der Waals surface area contributed by atoms with Crippen molar-refractivity contribution in [3.63, 3.8) is 0 Å². The van der Waals surface area contributed by atoms with Crippen molar-refractivity contribution in [2.75, 3.05) is 19.6 Å². The fourth-order valence-corrected chi connectivity index (χ4v) is 3.68. The molecule has 112 valence electrons. The van der Waals surface area contributed by atoms with E-state index in [0.717, 1.165) is 12.0 Å². The summed E-state index contributed by atoms with van der Waals surface area (Å²) in [5.41, 5.74) is 0.461. The van der Waals surface area contributed by atoms with Crippen molar-refractivity contribution < 1.29 is 0 Å². The molecule has 1 aliphatic heterocycles. The minimum atomic E-state index is 0.461. The molecule has 2 nitrogen and oxygen atoms in total. The molecule has 0 aromatic heterocycles. The van der Waals surface area contributed by atoms with Crippen molar-refractivity contribution in [1.82, 2.24) is 10.2 Å². The second-order valence-corrected chi connectivity index (χ2v) is 7.71. The summed E-state index contributed by atoms with van der Waals surface area (Å²) in [7, 11) is 0. The van der Waals surface area contributed by atoms with Crippen molar-refractivity contribution >= 4 is 0 Å². The molecule has 2 rings (SSSR count). The predicted molar refractivity (Wildman–Crippen MR) is 83.5 cm³/mol. The van der Waals surface area contributed by atoms with E-state index >= 15 is 0 Å². The van der Waals surface area contributed by atoms with E-state index in [1.165, 1.54) is 58.2 Å². The summed E-state index contributed by atoms with van der Waals surface area (Å²) in [6, 6.07) is 1.45. The van der Waals surface area contributed by atoms with Gasteiger partial charge in [-0.2, -0.15) is 0 Å². The lowest BCUT2D eigenvalue weighted by molar-refractivity contribution is 0.0681. The molecular formula is C17H34N2. The van der Waals surface area contributed by atoms with Crippen LogP contribution in [0.25, 0.3) is 0 Å². The highest BCUT2D eigenvalue weighted by atomic mass is 15.2. The maximum Gasteiger partial charge on any atom is 0.0224 e. The van der Waals surface area contributed by atoms with Crippen LogP contribution in [0.4, 0.5) is 0 Å². The van der Waals surface area contributed by atoms with Gasteiger partial charge in [-0.3, -0.25) is 4.90 Å². The third kappa shape index (κ3) is 4.19. The monoisotopic (exact) mass is 266 g/mol. The Kier molecular flexibility index (Phi) is 5.30. The summed E-state index contributed by atoms with van der Waals surface area (Å²) >= 11 is 0. The Morgan fingerprint density at radius 1 is 1.16 bits per heavy atom. The van der Waals surface area contributed by atoms with Gasteiger partial charge >= 0.3 is 0 Å². The minimum absolute atomic E-state index is 0.461. The Labute approximate surface area is 120 Å². The molecule has 0 bridgehead atoms. The minimum Gasteiger partial charge on any atom is -0.311 e. The summed E-state index contributed by atoms with van der Waals surface area (Å²) in [4.78, 5) is 2.75. The first-order valence-corrected chi connectivity index (χ1v) is 8.49. The summed E-state index contributed by atoms with van der Waals surface area (Å²) < 4.78 is 0. The molecule has 1 N–H and O–H groups in total. The average molecular weight is 266 g/mol. The van der Waals surface area contributed by atoms with Crippen LogP contribution in [-0.2, 0) is 0 Å². The molecule has 2 unspecified atom stereocenters. The topological polar surface area (TPSA) is 15.3 Å². The Balaban J connectivity index is 1.91. The van der Waals surface area contributed by atoms with Gasteiger partial charge in [-0.05, 0) is 37.5 Å². The second kappa shape index (κ2) is 6.58. The highest BCUT2D eigenvalue weighted by molar-refractivity contribution is 4.90. The van der Waals surface area contributed by atoms with E-state index in [0.29, 0.717) is 11.5 Å². The zero-order valence-electron chi connectivity index (χ0n) is 13.5. The Hall–Kier alpha value is -0.0800. The lowest BCUT2D eigenvalue weighted by Crippen LogP contribution is -2.59. The Morgan fingerprint density at radius 2 is 1.84 bits per heavy atom. The molecule has 2 atom stereocenters. The molecular weight excluding hydrogens is 232 g/mol. The lowest BCUT2D eigenvalue weighted by atomic mass is 9.82. The zero-order chi connectivity index (χ0) is 13.9. The van der Waals surface area contributed by atoms with E-state index in [1.54, 1.807) is 0 Å². The van der Waals surface area contributed by atoms with Gasteiger partial charge < -0.3 is 5.32 Å². The van der Waals surface area contributed by atoms with Crippen molar-refractivity contribution in [3.05, 3.63) is 0 Å². The van der Waals surface area contributed by atoms with Gasteiger partial charge in [0, 0.05) is 31.7 Å². The molecule has 1 saturated heterocycles. The number of rotatable bonds is 4. The van der Waals surface area contributed by atoms with E-state index < -0.39 is 0 Å². The maximum absolute atomic E-state index is 3.83. The molecule has 0 radical (unpaired) electrons. The second-order valence-electron chi connectivity index (χ2n) is 7.71. The van der Waals surface area contributed by atoms with Crippen molar-refractivity contribution in [1.29, 1.82) is 0 Å². The molecule has 2 aliphatic rings. The van der Waals surface area contributed by atoms with Crippen LogP contribution in [0.3, 0.4) is 0 Å². The van der Waals surface area contributed by atoms with Crippen LogP contribution in [0.5, 0.6) is 0 Å². The Morgan fingerprint density at radius 3 is 2.47 bits per heavy atom. The third-order valence-corrected chi connectivity index (χ3v) is 5.54. The highest BCUT2D eigenvalue weighted by Gasteiger charge is 2.33. The van der Waals surface area contributed by atoms with Gasteiger partial charge in [0.1, 0.15) is 0 Å². The fourth-order valence-electron chi connectivity index (χ4n) is 3.68. The number of hydrogen-bond donors (Lipinski definition) is 1. The molecule has 0 aromatic rings. The van der Waals surface area contributed by atoms with Crippen LogP contribution < -0.4 is 5.32 Å². The molecule has 1 heterocycles. The van der Waals surface area contributed by atoms with E-state index in [1.807, 2.05) is 0 Å². The SMILES string of the molecule is CCC(C)(C)CN1CC(C2CCCCC2)NCC1C. The number of piperazine rings is 1. The molecule has 19 heavy (non-hydrogen) atoms. The predicted octanol–water partition coefficient (Wildman–Crippen LogP) is 3.67. The molecule has 1 saturated carbocycles. The molecule has 2 fully saturated rings. The summed E-state index contributed by atoms with van der Waals surface area (Å²) in [5, 5.41) is 3.83. The first-order chi connectivity index (χ1) is 9.02. The molecule has 1 aliphatic carbocycles. The lowest BCUT2D eigenvalue weighted by Gasteiger charge is -2.45. The van der Waals surface area contributed by atoms with Gasteiger partial charge in [0.2, 0.25) is 0 Å². The van der Waals surface area contributed by atoms with Crippen LogP contribution in [0.2, 0.25) is 0 Å². The average Bonchev–Trinajstić information content (AvgIpc) is 2.42. The van der Waals surface area contributed by atoms with Crippen LogP contribution in [0.1, 0.15) is 66.2 Å². The van der Waals surface area contributed by atoms with Crippen LogP contribution >= 0.6 is 0 Å². The van der Waals surface area contributed by atoms with Gasteiger partial charge in [-0.1, -0.05) is 40.0 Å². The zero-order valence-corrected chi connectivity index (χ0v) is 13.5.